The summed E-state index contributed by atoms with van der Waals surface area (Å²) in [6.07, 6.45) is 12.7. The minimum atomic E-state index is 0.554. The van der Waals surface area contributed by atoms with Crippen LogP contribution in [-0.2, 0) is 6.54 Å². The van der Waals surface area contributed by atoms with Gasteiger partial charge in [-0.1, -0.05) is 5.92 Å². The quantitative estimate of drug-likeness (QED) is 0.620. The van der Waals surface area contributed by atoms with Gasteiger partial charge in [-0.3, -0.25) is 4.98 Å². The van der Waals surface area contributed by atoms with E-state index >= 15 is 0 Å². The van der Waals surface area contributed by atoms with Crippen molar-refractivity contribution in [1.29, 1.82) is 0 Å². The summed E-state index contributed by atoms with van der Waals surface area (Å²) in [4.78, 5) is 3.99. The molecular weight excluding hydrogens is 212 g/mol. The Morgan fingerprint density at radius 3 is 2.82 bits per heavy atom. The van der Waals surface area contributed by atoms with Crippen LogP contribution in [0.3, 0.4) is 0 Å². The van der Waals surface area contributed by atoms with Crippen LogP contribution in [0.5, 0.6) is 0 Å². The summed E-state index contributed by atoms with van der Waals surface area (Å²) in [6.45, 7) is 0.554. The Labute approximate surface area is 98.5 Å². The van der Waals surface area contributed by atoms with E-state index in [4.69, 9.17) is 6.42 Å². The zero-order chi connectivity index (χ0) is 11.7. The first-order valence-corrected chi connectivity index (χ1v) is 5.27. The molecule has 0 N–H and O–H groups in total. The Balaban J connectivity index is 2.12. The van der Waals surface area contributed by atoms with E-state index in [0.717, 1.165) is 16.9 Å². The van der Waals surface area contributed by atoms with Crippen LogP contribution < -0.4 is 0 Å². The number of hydrogen-bond donors (Lipinski definition) is 0. The Morgan fingerprint density at radius 1 is 1.24 bits per heavy atom. The largest absolute Gasteiger partial charge is 0.320 e. The number of terminal acetylenes is 1. The molecule has 0 amide bonds. The summed E-state index contributed by atoms with van der Waals surface area (Å²) in [7, 11) is 0. The van der Waals surface area contributed by atoms with E-state index in [1.54, 1.807) is 12.4 Å². The number of fused-ring (bicyclic) bond motifs is 1. The van der Waals surface area contributed by atoms with Crippen LogP contribution in [0.25, 0.3) is 16.9 Å². The highest BCUT2D eigenvalue weighted by Crippen LogP contribution is 2.19. The van der Waals surface area contributed by atoms with Crippen LogP contribution in [0, 0.1) is 12.3 Å². The second kappa shape index (κ2) is 3.80. The Hall–Kier alpha value is -2.54. The SMILES string of the molecule is C#CCn1ccn2nc(-c3ccncc3)cc12. The molecule has 3 heterocycles. The van der Waals surface area contributed by atoms with Crippen molar-refractivity contribution < 1.29 is 0 Å². The number of imidazole rings is 1. The molecule has 0 saturated heterocycles. The molecule has 4 heteroatoms. The zero-order valence-corrected chi connectivity index (χ0v) is 9.11. The maximum absolute atomic E-state index is 5.32. The lowest BCUT2D eigenvalue weighted by atomic mass is 10.2. The van der Waals surface area contributed by atoms with Crippen LogP contribution >= 0.6 is 0 Å². The summed E-state index contributed by atoms with van der Waals surface area (Å²) < 4.78 is 3.81. The van der Waals surface area contributed by atoms with Gasteiger partial charge in [-0.05, 0) is 12.1 Å². The topological polar surface area (TPSA) is 35.1 Å². The summed E-state index contributed by atoms with van der Waals surface area (Å²) in [6, 6.07) is 5.90. The van der Waals surface area contributed by atoms with E-state index in [2.05, 4.69) is 16.0 Å². The lowest BCUT2D eigenvalue weighted by Gasteiger charge is -1.94. The molecule has 3 aromatic rings. The van der Waals surface area contributed by atoms with E-state index in [9.17, 15) is 0 Å². The van der Waals surface area contributed by atoms with Gasteiger partial charge in [0.15, 0.2) is 0 Å². The Morgan fingerprint density at radius 2 is 2.06 bits per heavy atom. The monoisotopic (exact) mass is 222 g/mol. The van der Waals surface area contributed by atoms with E-state index in [-0.39, 0.29) is 0 Å². The molecule has 0 fully saturated rings. The van der Waals surface area contributed by atoms with Crippen molar-refractivity contribution in [2.24, 2.45) is 0 Å². The fourth-order valence-electron chi connectivity index (χ4n) is 1.82. The molecule has 0 bridgehead atoms. The van der Waals surface area contributed by atoms with Crippen molar-refractivity contribution in [1.82, 2.24) is 19.2 Å². The van der Waals surface area contributed by atoms with Gasteiger partial charge in [0.05, 0.1) is 12.2 Å². The molecule has 0 aliphatic carbocycles. The fourth-order valence-corrected chi connectivity index (χ4v) is 1.82. The molecule has 17 heavy (non-hydrogen) atoms. The Bertz CT molecular complexity index is 685. The maximum Gasteiger partial charge on any atom is 0.137 e. The molecule has 0 spiro atoms. The highest BCUT2D eigenvalue weighted by Gasteiger charge is 2.07. The smallest absolute Gasteiger partial charge is 0.137 e. The third-order valence-electron chi connectivity index (χ3n) is 2.64. The highest BCUT2D eigenvalue weighted by atomic mass is 15.3. The number of pyridine rings is 1. The standard InChI is InChI=1S/C13H10N4/c1-2-7-16-8-9-17-13(16)10-12(15-17)11-3-5-14-6-4-11/h1,3-6,8-10H,7H2. The van der Waals surface area contributed by atoms with Crippen molar-refractivity contribution in [3.05, 3.63) is 43.0 Å². The van der Waals surface area contributed by atoms with Crippen LogP contribution in [0.4, 0.5) is 0 Å². The highest BCUT2D eigenvalue weighted by molar-refractivity contribution is 5.63. The number of rotatable bonds is 2. The lowest BCUT2D eigenvalue weighted by molar-refractivity contribution is 0.869. The van der Waals surface area contributed by atoms with Crippen LogP contribution in [0.1, 0.15) is 0 Å². The predicted octanol–water partition coefficient (Wildman–Crippen LogP) is 1.83. The fraction of sp³-hybridized carbons (Fsp3) is 0.0769. The second-order valence-corrected chi connectivity index (χ2v) is 3.70. The van der Waals surface area contributed by atoms with E-state index in [0.29, 0.717) is 6.54 Å². The predicted molar refractivity (Wildman–Crippen MR) is 65.2 cm³/mol. The molecule has 0 aliphatic heterocycles. The maximum atomic E-state index is 5.32. The normalized spacial score (nSPS) is 10.5. The summed E-state index contributed by atoms with van der Waals surface area (Å²) >= 11 is 0. The first-order chi connectivity index (χ1) is 8.38. The van der Waals surface area contributed by atoms with Crippen LogP contribution in [-0.4, -0.2) is 19.2 Å². The van der Waals surface area contributed by atoms with Crippen molar-refractivity contribution in [3.63, 3.8) is 0 Å². The number of hydrogen-bond acceptors (Lipinski definition) is 2. The van der Waals surface area contributed by atoms with Gasteiger partial charge in [-0.25, -0.2) is 4.52 Å². The average Bonchev–Trinajstić information content (AvgIpc) is 2.93. The van der Waals surface area contributed by atoms with E-state index < -0.39 is 0 Å². The van der Waals surface area contributed by atoms with Gasteiger partial charge in [0, 0.05) is 36.4 Å². The van der Waals surface area contributed by atoms with Crippen molar-refractivity contribution >= 4 is 5.65 Å². The number of nitrogens with zero attached hydrogens (tertiary/aromatic N) is 4. The van der Waals surface area contributed by atoms with Gasteiger partial charge in [-0.2, -0.15) is 5.10 Å². The summed E-state index contributed by atoms with van der Waals surface area (Å²) in [5, 5.41) is 4.49. The third kappa shape index (κ3) is 1.58. The first kappa shape index (κ1) is 9.67. The Kier molecular flexibility index (Phi) is 2.16. The van der Waals surface area contributed by atoms with Crippen molar-refractivity contribution in [3.8, 4) is 23.6 Å². The van der Waals surface area contributed by atoms with Crippen molar-refractivity contribution in [2.75, 3.05) is 0 Å². The first-order valence-electron chi connectivity index (χ1n) is 5.27. The third-order valence-corrected chi connectivity index (χ3v) is 2.64. The van der Waals surface area contributed by atoms with E-state index in [1.165, 1.54) is 0 Å². The van der Waals surface area contributed by atoms with Crippen molar-refractivity contribution in [2.45, 2.75) is 6.54 Å². The van der Waals surface area contributed by atoms with Crippen LogP contribution in [0.15, 0.2) is 43.0 Å². The van der Waals surface area contributed by atoms with Gasteiger partial charge in [0.1, 0.15) is 5.65 Å². The molecule has 4 nitrogen and oxygen atoms in total. The molecule has 82 valence electrons. The van der Waals surface area contributed by atoms with Gasteiger partial charge >= 0.3 is 0 Å². The molecular formula is C13H10N4. The van der Waals surface area contributed by atoms with Gasteiger partial charge in [-0.15, -0.1) is 6.42 Å². The molecule has 3 rings (SSSR count). The summed E-state index contributed by atoms with van der Waals surface area (Å²) in [5.74, 6) is 2.62. The molecule has 0 aromatic carbocycles. The minimum Gasteiger partial charge on any atom is -0.320 e. The lowest BCUT2D eigenvalue weighted by Crippen LogP contribution is -1.92. The molecule has 0 aliphatic rings. The molecule has 0 atom stereocenters. The van der Waals surface area contributed by atoms with Crippen LogP contribution in [0.2, 0.25) is 0 Å². The van der Waals surface area contributed by atoms with Gasteiger partial charge < -0.3 is 4.57 Å². The minimum absolute atomic E-state index is 0.554. The number of aromatic nitrogens is 4. The molecule has 0 saturated carbocycles. The molecule has 3 aromatic heterocycles. The average molecular weight is 222 g/mol. The zero-order valence-electron chi connectivity index (χ0n) is 9.11. The van der Waals surface area contributed by atoms with Gasteiger partial charge in [0.25, 0.3) is 0 Å². The molecule has 0 radical (unpaired) electrons. The summed E-state index contributed by atoms with van der Waals surface area (Å²) in [5.41, 5.74) is 2.97. The van der Waals surface area contributed by atoms with E-state index in [1.807, 2.05) is 39.7 Å². The molecule has 0 unspecified atom stereocenters. The van der Waals surface area contributed by atoms with Gasteiger partial charge in [0.2, 0.25) is 0 Å². The second-order valence-electron chi connectivity index (χ2n) is 3.70.